The molecular weight excluding hydrogens is 236 g/mol. The number of aryl methyl sites for hydroxylation is 1. The number of hydrogen-bond acceptors (Lipinski definition) is 3. The molecule has 106 valence electrons. The lowest BCUT2D eigenvalue weighted by atomic mass is 9.98. The van der Waals surface area contributed by atoms with Crippen molar-refractivity contribution in [2.45, 2.75) is 45.1 Å². The van der Waals surface area contributed by atoms with E-state index < -0.39 is 0 Å². The highest BCUT2D eigenvalue weighted by Gasteiger charge is 2.39. The maximum absolute atomic E-state index is 6.22. The Morgan fingerprint density at radius 2 is 2.00 bits per heavy atom. The van der Waals surface area contributed by atoms with E-state index in [9.17, 15) is 0 Å². The maximum atomic E-state index is 6.22. The summed E-state index contributed by atoms with van der Waals surface area (Å²) in [4.78, 5) is 2.29. The first-order valence-electron chi connectivity index (χ1n) is 7.05. The zero-order chi connectivity index (χ0) is 14.2. The fourth-order valence-corrected chi connectivity index (χ4v) is 2.60. The summed E-state index contributed by atoms with van der Waals surface area (Å²) < 4.78 is 5.49. The predicted molar refractivity (Wildman–Crippen MR) is 81.2 cm³/mol. The van der Waals surface area contributed by atoms with E-state index in [1.807, 2.05) is 0 Å². The van der Waals surface area contributed by atoms with Gasteiger partial charge in [-0.15, -0.1) is 0 Å². The van der Waals surface area contributed by atoms with Crippen LogP contribution in [-0.2, 0) is 0 Å². The Hall–Kier alpha value is -1.22. The molecule has 0 bridgehead atoms. The van der Waals surface area contributed by atoms with E-state index in [-0.39, 0.29) is 5.54 Å². The van der Waals surface area contributed by atoms with Crippen LogP contribution in [0.5, 0.6) is 5.75 Å². The minimum atomic E-state index is 0.0408. The van der Waals surface area contributed by atoms with Crippen molar-refractivity contribution < 1.29 is 4.74 Å². The van der Waals surface area contributed by atoms with Crippen molar-refractivity contribution in [3.8, 4) is 5.75 Å². The smallest absolute Gasteiger partial charge is 0.122 e. The summed E-state index contributed by atoms with van der Waals surface area (Å²) in [6.45, 7) is 7.46. The van der Waals surface area contributed by atoms with Gasteiger partial charge in [0.05, 0.1) is 7.11 Å². The van der Waals surface area contributed by atoms with Crippen molar-refractivity contribution in [3.63, 3.8) is 0 Å². The van der Waals surface area contributed by atoms with Gasteiger partial charge in [0.1, 0.15) is 5.75 Å². The molecule has 0 aliphatic heterocycles. The molecule has 0 unspecified atom stereocenters. The third-order valence-electron chi connectivity index (χ3n) is 4.03. The van der Waals surface area contributed by atoms with E-state index in [0.717, 1.165) is 25.1 Å². The van der Waals surface area contributed by atoms with E-state index in [1.54, 1.807) is 7.11 Å². The Balaban J connectivity index is 2.31. The van der Waals surface area contributed by atoms with Gasteiger partial charge in [-0.2, -0.15) is 0 Å². The van der Waals surface area contributed by atoms with Crippen LogP contribution in [0.25, 0.3) is 0 Å². The third-order valence-corrected chi connectivity index (χ3v) is 4.03. The minimum absolute atomic E-state index is 0.0408. The molecule has 1 aromatic rings. The van der Waals surface area contributed by atoms with Gasteiger partial charge in [0.15, 0.2) is 0 Å². The number of hydrogen-bond donors (Lipinski definition) is 1. The summed E-state index contributed by atoms with van der Waals surface area (Å²) in [5, 5.41) is 0. The number of ether oxygens (including phenoxy) is 1. The normalized spacial score (nSPS) is 16.6. The fourth-order valence-electron chi connectivity index (χ4n) is 2.60. The van der Waals surface area contributed by atoms with Gasteiger partial charge >= 0.3 is 0 Å². The van der Waals surface area contributed by atoms with Crippen LogP contribution in [-0.4, -0.2) is 26.2 Å². The van der Waals surface area contributed by atoms with Crippen LogP contribution < -0.4 is 15.4 Å². The van der Waals surface area contributed by atoms with Crippen LogP contribution in [0, 0.1) is 6.92 Å². The average molecular weight is 262 g/mol. The summed E-state index contributed by atoms with van der Waals surface area (Å²) in [7, 11) is 3.87. The molecule has 0 heterocycles. The molecule has 0 aromatic heterocycles. The van der Waals surface area contributed by atoms with Crippen molar-refractivity contribution in [1.29, 1.82) is 0 Å². The first-order chi connectivity index (χ1) is 8.86. The number of rotatable bonds is 5. The molecular formula is C16H26N2O. The predicted octanol–water partition coefficient (Wildman–Crippen LogP) is 3.05. The van der Waals surface area contributed by atoms with Crippen molar-refractivity contribution in [2.24, 2.45) is 5.73 Å². The Bertz CT molecular complexity index is 464. The molecule has 0 saturated heterocycles. The van der Waals surface area contributed by atoms with E-state index in [2.05, 4.69) is 44.9 Å². The van der Waals surface area contributed by atoms with Crippen molar-refractivity contribution in [3.05, 3.63) is 23.3 Å². The lowest BCUT2D eigenvalue weighted by molar-refractivity contribution is 0.407. The third kappa shape index (κ3) is 3.03. The Morgan fingerprint density at radius 3 is 2.47 bits per heavy atom. The molecule has 19 heavy (non-hydrogen) atoms. The summed E-state index contributed by atoms with van der Waals surface area (Å²) >= 11 is 0. The highest BCUT2D eigenvalue weighted by Crippen LogP contribution is 2.37. The Kier molecular flexibility index (Phi) is 3.77. The second-order valence-electron chi connectivity index (χ2n) is 6.25. The van der Waals surface area contributed by atoms with Gasteiger partial charge in [-0.3, -0.25) is 0 Å². The van der Waals surface area contributed by atoms with Gasteiger partial charge < -0.3 is 15.4 Å². The van der Waals surface area contributed by atoms with Crippen LogP contribution >= 0.6 is 0 Å². The summed E-state index contributed by atoms with van der Waals surface area (Å²) in [5.41, 5.74) is 10.0. The minimum Gasteiger partial charge on any atom is -0.496 e. The van der Waals surface area contributed by atoms with Crippen molar-refractivity contribution >= 4 is 5.69 Å². The second kappa shape index (κ2) is 5.04. The van der Waals surface area contributed by atoms with Crippen LogP contribution in [0.15, 0.2) is 12.1 Å². The summed E-state index contributed by atoms with van der Waals surface area (Å²) in [6.07, 6.45) is 2.28. The largest absolute Gasteiger partial charge is 0.496 e. The number of benzene rings is 1. The van der Waals surface area contributed by atoms with Gasteiger partial charge in [-0.25, -0.2) is 0 Å². The topological polar surface area (TPSA) is 38.5 Å². The molecule has 0 spiro atoms. The Labute approximate surface area is 116 Å². The lowest BCUT2D eigenvalue weighted by Crippen LogP contribution is -2.37. The van der Waals surface area contributed by atoms with Crippen LogP contribution in [0.1, 0.15) is 43.7 Å². The fraction of sp³-hybridized carbons (Fsp3) is 0.625. The zero-order valence-corrected chi connectivity index (χ0v) is 12.8. The summed E-state index contributed by atoms with van der Waals surface area (Å²) in [6, 6.07) is 4.39. The van der Waals surface area contributed by atoms with Crippen molar-refractivity contribution in [1.82, 2.24) is 0 Å². The molecule has 2 N–H and O–H groups in total. The maximum Gasteiger partial charge on any atom is 0.122 e. The monoisotopic (exact) mass is 262 g/mol. The number of anilines is 1. The highest BCUT2D eigenvalue weighted by atomic mass is 16.5. The zero-order valence-electron chi connectivity index (χ0n) is 12.8. The molecule has 3 nitrogen and oxygen atoms in total. The van der Waals surface area contributed by atoms with Crippen LogP contribution in [0.4, 0.5) is 5.69 Å². The molecule has 0 radical (unpaired) electrons. The van der Waals surface area contributed by atoms with E-state index >= 15 is 0 Å². The second-order valence-corrected chi connectivity index (χ2v) is 6.25. The quantitative estimate of drug-likeness (QED) is 0.886. The first-order valence-corrected chi connectivity index (χ1v) is 7.05. The van der Waals surface area contributed by atoms with Gasteiger partial charge in [-0.05, 0) is 48.9 Å². The van der Waals surface area contributed by atoms with Crippen LogP contribution in [0.2, 0.25) is 0 Å². The molecule has 0 amide bonds. The lowest BCUT2D eigenvalue weighted by Gasteiger charge is -2.26. The molecule has 0 atom stereocenters. The number of nitrogens with zero attached hydrogens (tertiary/aromatic N) is 1. The number of nitrogens with two attached hydrogens (primary N) is 1. The first kappa shape index (κ1) is 14.2. The molecule has 3 heteroatoms. The van der Waals surface area contributed by atoms with Crippen LogP contribution in [0.3, 0.4) is 0 Å². The van der Waals surface area contributed by atoms with Gasteiger partial charge in [0, 0.05) is 24.8 Å². The van der Waals surface area contributed by atoms with Crippen molar-refractivity contribution in [2.75, 3.05) is 25.6 Å². The van der Waals surface area contributed by atoms with E-state index in [4.69, 9.17) is 10.5 Å². The van der Waals surface area contributed by atoms with Gasteiger partial charge in [-0.1, -0.05) is 13.8 Å². The standard InChI is InChI=1S/C16H26N2O/c1-11(2)13-9-14(12(3)8-15(13)19-5)18(4)10-16(17)6-7-16/h8-9,11H,6-7,10,17H2,1-5H3. The van der Waals surface area contributed by atoms with E-state index in [1.165, 1.54) is 16.8 Å². The molecule has 1 aromatic carbocycles. The number of methoxy groups -OCH3 is 1. The Morgan fingerprint density at radius 1 is 1.37 bits per heavy atom. The number of likely N-dealkylation sites (N-methyl/N-ethyl adjacent to an activating group) is 1. The molecule has 1 fully saturated rings. The van der Waals surface area contributed by atoms with E-state index in [0.29, 0.717) is 5.92 Å². The summed E-state index contributed by atoms with van der Waals surface area (Å²) in [5.74, 6) is 1.44. The molecule has 2 rings (SSSR count). The van der Waals surface area contributed by atoms with Gasteiger partial charge in [0.2, 0.25) is 0 Å². The molecule has 1 saturated carbocycles. The average Bonchev–Trinajstić information content (AvgIpc) is 3.05. The van der Waals surface area contributed by atoms with Gasteiger partial charge in [0.25, 0.3) is 0 Å². The SMILES string of the molecule is COc1cc(C)c(N(C)CC2(N)CC2)cc1C(C)C. The highest BCUT2D eigenvalue weighted by molar-refractivity contribution is 5.59. The molecule has 1 aliphatic carbocycles. The molecule has 1 aliphatic rings.